The third kappa shape index (κ3) is 4.32. The first-order valence-electron chi connectivity index (χ1n) is 8.51. The smallest absolute Gasteiger partial charge is 0.379 e. The summed E-state index contributed by atoms with van der Waals surface area (Å²) in [6, 6.07) is 2.84. The maximum atomic E-state index is 13.2. The molecule has 1 aliphatic heterocycles. The van der Waals surface area contributed by atoms with Crippen molar-refractivity contribution in [2.24, 2.45) is 5.92 Å². The zero-order valence-corrected chi connectivity index (χ0v) is 15.6. The molecule has 0 bridgehead atoms. The van der Waals surface area contributed by atoms with E-state index in [1.807, 2.05) is 13.0 Å². The number of aromatic nitrogens is 3. The highest BCUT2D eigenvalue weighted by Gasteiger charge is 2.38. The largest absolute Gasteiger partial charge is 0.433 e. The van der Waals surface area contributed by atoms with Gasteiger partial charge >= 0.3 is 6.18 Å². The molecule has 2 aromatic heterocycles. The van der Waals surface area contributed by atoms with Gasteiger partial charge in [-0.2, -0.15) is 18.2 Å². The van der Waals surface area contributed by atoms with Crippen molar-refractivity contribution in [1.82, 2.24) is 15.1 Å². The summed E-state index contributed by atoms with van der Waals surface area (Å²) in [5.74, 6) is 1.03. The number of hydrogen-bond acceptors (Lipinski definition) is 7. The van der Waals surface area contributed by atoms with Crippen LogP contribution in [0.3, 0.4) is 0 Å². The Balaban J connectivity index is 1.86. The first-order chi connectivity index (χ1) is 12.7. The Kier molecular flexibility index (Phi) is 5.27. The van der Waals surface area contributed by atoms with E-state index < -0.39 is 11.9 Å². The van der Waals surface area contributed by atoms with Crippen LogP contribution in [0.5, 0.6) is 0 Å². The number of aryl methyl sites for hydroxylation is 1. The molecule has 1 saturated heterocycles. The summed E-state index contributed by atoms with van der Waals surface area (Å²) in [5.41, 5.74) is -0.172. The summed E-state index contributed by atoms with van der Waals surface area (Å²) < 4.78 is 50.5. The first kappa shape index (κ1) is 19.4. The van der Waals surface area contributed by atoms with Crippen molar-refractivity contribution in [2.45, 2.75) is 25.6 Å². The highest BCUT2D eigenvalue weighted by molar-refractivity contribution is 5.47. The minimum absolute atomic E-state index is 0.0168. The van der Waals surface area contributed by atoms with Crippen LogP contribution < -0.4 is 9.80 Å². The first-order valence-corrected chi connectivity index (χ1v) is 8.51. The maximum Gasteiger partial charge on any atom is 0.433 e. The van der Waals surface area contributed by atoms with Crippen molar-refractivity contribution < 1.29 is 22.4 Å². The van der Waals surface area contributed by atoms with Gasteiger partial charge < -0.3 is 19.1 Å². The molecule has 148 valence electrons. The van der Waals surface area contributed by atoms with Crippen molar-refractivity contribution in [3.63, 3.8) is 0 Å². The number of hydrogen-bond donors (Lipinski definition) is 0. The molecule has 0 aromatic carbocycles. The number of nitrogens with zero attached hydrogens (tertiary/aromatic N) is 5. The van der Waals surface area contributed by atoms with Crippen molar-refractivity contribution in [3.8, 4) is 0 Å². The lowest BCUT2D eigenvalue weighted by Gasteiger charge is -2.21. The molecule has 0 spiro atoms. The fourth-order valence-electron chi connectivity index (χ4n) is 3.19. The summed E-state index contributed by atoms with van der Waals surface area (Å²) in [6.07, 6.45) is -4.10. The van der Waals surface area contributed by atoms with E-state index in [4.69, 9.17) is 9.26 Å². The van der Waals surface area contributed by atoms with E-state index in [1.54, 1.807) is 26.1 Å². The Hall–Kier alpha value is -2.36. The molecule has 0 unspecified atom stereocenters. The molecule has 2 aromatic rings. The second-order valence-corrected chi connectivity index (χ2v) is 6.88. The fraction of sp³-hybridized carbons (Fsp3) is 0.588. The molecule has 0 N–H and O–H groups in total. The van der Waals surface area contributed by atoms with Crippen LogP contribution in [0, 0.1) is 12.8 Å². The van der Waals surface area contributed by atoms with E-state index >= 15 is 0 Å². The molecular weight excluding hydrogens is 363 g/mol. The molecule has 2 atom stereocenters. The molecule has 1 aliphatic rings. The lowest BCUT2D eigenvalue weighted by atomic mass is 10.0. The summed E-state index contributed by atoms with van der Waals surface area (Å²) in [4.78, 5) is 11.2. The Bertz CT molecular complexity index is 793. The molecule has 27 heavy (non-hydrogen) atoms. The molecule has 3 heterocycles. The van der Waals surface area contributed by atoms with Crippen LogP contribution in [0.4, 0.5) is 24.9 Å². The Morgan fingerprint density at radius 2 is 2.00 bits per heavy atom. The normalized spacial score (nSPS) is 20.3. The van der Waals surface area contributed by atoms with Gasteiger partial charge in [-0.25, -0.2) is 4.98 Å². The van der Waals surface area contributed by atoms with Gasteiger partial charge in [-0.15, -0.1) is 0 Å². The van der Waals surface area contributed by atoms with Gasteiger partial charge in [-0.05, 0) is 6.92 Å². The van der Waals surface area contributed by atoms with E-state index in [9.17, 15) is 13.2 Å². The zero-order valence-electron chi connectivity index (χ0n) is 15.6. The number of anilines is 2. The molecule has 0 radical (unpaired) electrons. The molecule has 0 saturated carbocycles. The molecule has 0 aliphatic carbocycles. The lowest BCUT2D eigenvalue weighted by molar-refractivity contribution is -0.141. The third-order valence-corrected chi connectivity index (χ3v) is 4.54. The van der Waals surface area contributed by atoms with E-state index in [-0.39, 0.29) is 23.8 Å². The van der Waals surface area contributed by atoms with Crippen LogP contribution in [-0.4, -0.2) is 55.5 Å². The Labute approximate surface area is 155 Å². The molecule has 7 nitrogen and oxygen atoms in total. The Morgan fingerprint density at radius 1 is 1.26 bits per heavy atom. The number of rotatable bonds is 5. The van der Waals surface area contributed by atoms with Gasteiger partial charge in [0.25, 0.3) is 0 Å². The fourth-order valence-corrected chi connectivity index (χ4v) is 3.19. The molecule has 1 fully saturated rings. The van der Waals surface area contributed by atoms with E-state index in [2.05, 4.69) is 15.1 Å². The second kappa shape index (κ2) is 7.34. The minimum atomic E-state index is -4.54. The van der Waals surface area contributed by atoms with Crippen LogP contribution in [0.1, 0.15) is 17.1 Å². The monoisotopic (exact) mass is 385 g/mol. The quantitative estimate of drug-likeness (QED) is 0.784. The van der Waals surface area contributed by atoms with Gasteiger partial charge in [-0.1, -0.05) is 5.16 Å². The predicted octanol–water partition coefficient (Wildman–Crippen LogP) is 2.55. The van der Waals surface area contributed by atoms with Gasteiger partial charge in [0, 0.05) is 58.8 Å². The van der Waals surface area contributed by atoms with E-state index in [0.717, 1.165) is 17.5 Å². The van der Waals surface area contributed by atoms with Gasteiger partial charge in [0.1, 0.15) is 11.6 Å². The van der Waals surface area contributed by atoms with Gasteiger partial charge in [-0.3, -0.25) is 0 Å². The van der Waals surface area contributed by atoms with Crippen molar-refractivity contribution in [3.05, 3.63) is 29.3 Å². The number of halogens is 3. The van der Waals surface area contributed by atoms with Crippen LogP contribution in [0.15, 0.2) is 16.7 Å². The highest BCUT2D eigenvalue weighted by atomic mass is 19.4. The summed E-state index contributed by atoms with van der Waals surface area (Å²) >= 11 is 0. The summed E-state index contributed by atoms with van der Waals surface area (Å²) in [7, 11) is 4.81. The lowest BCUT2D eigenvalue weighted by Crippen LogP contribution is -2.26. The molecular formula is C17H22F3N5O2. The standard InChI is InChI=1S/C17H22F3N5O2/c1-10-5-12(27-23-10)6-11-8-25(9-13(11)26-4)15-7-14(17(18,19)20)21-16(22-15)24(2)3/h5,7,11,13H,6,8-9H2,1-4H3/t11-,13+/m1/s1. The average molecular weight is 385 g/mol. The van der Waals surface area contributed by atoms with Gasteiger partial charge in [0.2, 0.25) is 5.95 Å². The van der Waals surface area contributed by atoms with Crippen LogP contribution in [0.25, 0.3) is 0 Å². The van der Waals surface area contributed by atoms with Crippen LogP contribution >= 0.6 is 0 Å². The maximum absolute atomic E-state index is 13.2. The highest BCUT2D eigenvalue weighted by Crippen LogP contribution is 2.33. The topological polar surface area (TPSA) is 67.5 Å². The van der Waals surface area contributed by atoms with Crippen molar-refractivity contribution >= 4 is 11.8 Å². The van der Waals surface area contributed by atoms with Crippen molar-refractivity contribution in [2.75, 3.05) is 44.1 Å². The number of ether oxygens (including phenoxy) is 1. The minimum Gasteiger partial charge on any atom is -0.379 e. The summed E-state index contributed by atoms with van der Waals surface area (Å²) in [6.45, 7) is 2.78. The van der Waals surface area contributed by atoms with Gasteiger partial charge in [0.15, 0.2) is 5.69 Å². The number of alkyl halides is 3. The van der Waals surface area contributed by atoms with Crippen LogP contribution in [0.2, 0.25) is 0 Å². The molecule has 3 rings (SSSR count). The molecule has 0 amide bonds. The molecule has 10 heteroatoms. The van der Waals surface area contributed by atoms with Crippen LogP contribution in [-0.2, 0) is 17.3 Å². The van der Waals surface area contributed by atoms with Gasteiger partial charge in [0.05, 0.1) is 11.8 Å². The van der Waals surface area contributed by atoms with E-state index in [1.165, 1.54) is 4.90 Å². The second-order valence-electron chi connectivity index (χ2n) is 6.88. The summed E-state index contributed by atoms with van der Waals surface area (Å²) in [5, 5.41) is 3.88. The van der Waals surface area contributed by atoms with Crippen molar-refractivity contribution in [1.29, 1.82) is 0 Å². The Morgan fingerprint density at radius 3 is 2.56 bits per heavy atom. The zero-order chi connectivity index (χ0) is 19.8. The third-order valence-electron chi connectivity index (χ3n) is 4.54. The number of methoxy groups -OCH3 is 1. The average Bonchev–Trinajstić information content (AvgIpc) is 3.20. The predicted molar refractivity (Wildman–Crippen MR) is 92.8 cm³/mol. The van der Waals surface area contributed by atoms with E-state index in [0.29, 0.717) is 19.5 Å². The SMILES string of the molecule is CO[C@H]1CN(c2cc(C(F)(F)F)nc(N(C)C)n2)C[C@H]1Cc1cc(C)no1.